The minimum Gasteiger partial charge on any atom is -0.491 e. The molecule has 1 aromatic rings. The Morgan fingerprint density at radius 1 is 1.32 bits per heavy atom. The molecule has 2 rings (SSSR count). The monoisotopic (exact) mass is 348 g/mol. The predicted octanol–water partition coefficient (Wildman–Crippen LogP) is 2.57. The summed E-state index contributed by atoms with van der Waals surface area (Å²) in [6.45, 7) is 7.25. The van der Waals surface area contributed by atoms with Crippen LogP contribution >= 0.6 is 0 Å². The Morgan fingerprint density at radius 2 is 1.96 bits per heavy atom. The van der Waals surface area contributed by atoms with Crippen LogP contribution in [0.1, 0.15) is 39.7 Å². The molecule has 1 aliphatic rings. The summed E-state index contributed by atoms with van der Waals surface area (Å²) in [5.41, 5.74) is 0.728. The second kappa shape index (κ2) is 7.65. The molecule has 1 N–H and O–H groups in total. The topological polar surface area (TPSA) is 88.4 Å². The maximum absolute atomic E-state index is 12.2. The molecule has 1 atom stereocenters. The van der Waals surface area contributed by atoms with Crippen LogP contribution in [0.25, 0.3) is 0 Å². The average molecular weight is 348 g/mol. The van der Waals surface area contributed by atoms with E-state index in [1.165, 1.54) is 0 Å². The minimum absolute atomic E-state index is 0.0571. The van der Waals surface area contributed by atoms with E-state index < -0.39 is 11.7 Å². The van der Waals surface area contributed by atoms with Crippen LogP contribution in [0, 0.1) is 5.92 Å². The van der Waals surface area contributed by atoms with E-state index in [0.29, 0.717) is 11.5 Å². The van der Waals surface area contributed by atoms with Crippen LogP contribution in [0.15, 0.2) is 29.4 Å². The van der Waals surface area contributed by atoms with E-state index in [1.807, 2.05) is 19.1 Å². The van der Waals surface area contributed by atoms with Crippen LogP contribution in [0.2, 0.25) is 0 Å². The van der Waals surface area contributed by atoms with Crippen molar-refractivity contribution in [1.82, 2.24) is 5.01 Å². The Labute approximate surface area is 147 Å². The lowest BCUT2D eigenvalue weighted by Gasteiger charge is -2.28. The van der Waals surface area contributed by atoms with Gasteiger partial charge in [-0.3, -0.25) is 4.79 Å². The molecule has 0 aliphatic carbocycles. The van der Waals surface area contributed by atoms with Gasteiger partial charge in [-0.15, -0.1) is 5.01 Å². The molecule has 1 aromatic carbocycles. The molecule has 0 bridgehead atoms. The SMILES string of the molecule is CC1CC(=O)N(C(=O)OC(C)(C)C)N=C1c1ccc(OCCO)cc1. The highest BCUT2D eigenvalue weighted by atomic mass is 16.6. The normalized spacial score (nSPS) is 18.0. The Morgan fingerprint density at radius 3 is 2.52 bits per heavy atom. The van der Waals surface area contributed by atoms with Gasteiger partial charge >= 0.3 is 6.09 Å². The first-order valence-corrected chi connectivity index (χ1v) is 8.20. The minimum atomic E-state index is -0.773. The van der Waals surface area contributed by atoms with Gasteiger partial charge in [0.2, 0.25) is 0 Å². The molecule has 0 fully saturated rings. The molecular formula is C18H24N2O5. The number of benzene rings is 1. The maximum atomic E-state index is 12.2. The average Bonchev–Trinajstić information content (AvgIpc) is 2.52. The molecule has 0 saturated heterocycles. The third-order valence-corrected chi connectivity index (χ3v) is 3.47. The number of rotatable bonds is 4. The lowest BCUT2D eigenvalue weighted by molar-refractivity contribution is -0.131. The fourth-order valence-corrected chi connectivity index (χ4v) is 2.38. The van der Waals surface area contributed by atoms with Gasteiger partial charge in [-0.2, -0.15) is 5.10 Å². The van der Waals surface area contributed by atoms with E-state index in [9.17, 15) is 9.59 Å². The van der Waals surface area contributed by atoms with Gasteiger partial charge in [0.25, 0.3) is 5.91 Å². The van der Waals surface area contributed by atoms with Gasteiger partial charge in [0.05, 0.1) is 12.3 Å². The lowest BCUT2D eigenvalue weighted by Crippen LogP contribution is -2.42. The number of ether oxygens (including phenoxy) is 2. The largest absolute Gasteiger partial charge is 0.491 e. The molecule has 0 radical (unpaired) electrons. The standard InChI is InChI=1S/C18H24N2O5/c1-12-11-15(22)20(17(23)25-18(2,3)4)19-16(12)13-5-7-14(8-6-13)24-10-9-21/h5-8,12,21H,9-11H2,1-4H3. The number of carbonyl (C=O) groups excluding carboxylic acids is 2. The Bertz CT molecular complexity index is 661. The van der Waals surface area contributed by atoms with Crippen molar-refractivity contribution < 1.29 is 24.2 Å². The molecule has 7 nitrogen and oxygen atoms in total. The van der Waals surface area contributed by atoms with Crippen molar-refractivity contribution in [2.45, 2.75) is 39.7 Å². The summed E-state index contributed by atoms with van der Waals surface area (Å²) in [6, 6.07) is 7.14. The van der Waals surface area contributed by atoms with Crippen LogP contribution in [-0.2, 0) is 9.53 Å². The van der Waals surface area contributed by atoms with Gasteiger partial charge in [0.1, 0.15) is 18.0 Å². The Hall–Kier alpha value is -2.41. The van der Waals surface area contributed by atoms with E-state index in [1.54, 1.807) is 32.9 Å². The first kappa shape index (κ1) is 18.9. The van der Waals surface area contributed by atoms with Crippen molar-refractivity contribution >= 4 is 17.7 Å². The molecule has 7 heteroatoms. The summed E-state index contributed by atoms with van der Waals surface area (Å²) in [6.07, 6.45) is -0.592. The molecule has 0 saturated carbocycles. The van der Waals surface area contributed by atoms with E-state index in [-0.39, 0.29) is 31.5 Å². The van der Waals surface area contributed by atoms with E-state index in [4.69, 9.17) is 14.6 Å². The smallest absolute Gasteiger partial charge is 0.438 e. The molecule has 0 aromatic heterocycles. The molecular weight excluding hydrogens is 324 g/mol. The Kier molecular flexibility index (Phi) is 5.79. The van der Waals surface area contributed by atoms with Gasteiger partial charge < -0.3 is 14.6 Å². The number of aliphatic hydroxyl groups excluding tert-OH is 1. The number of aliphatic hydroxyl groups is 1. The van der Waals surface area contributed by atoms with Gasteiger partial charge in [0, 0.05) is 12.3 Å². The number of nitrogens with zero attached hydrogens (tertiary/aromatic N) is 2. The summed E-state index contributed by atoms with van der Waals surface area (Å²) >= 11 is 0. The summed E-state index contributed by atoms with van der Waals surface area (Å²) < 4.78 is 10.6. The summed E-state index contributed by atoms with van der Waals surface area (Å²) in [5, 5.41) is 13.8. The van der Waals surface area contributed by atoms with Gasteiger partial charge in [0.15, 0.2) is 0 Å². The molecule has 2 amide bonds. The second-order valence-corrected chi connectivity index (χ2v) is 6.87. The fraction of sp³-hybridized carbons (Fsp3) is 0.500. The van der Waals surface area contributed by atoms with E-state index >= 15 is 0 Å². The van der Waals surface area contributed by atoms with Crippen molar-refractivity contribution in [1.29, 1.82) is 0 Å². The predicted molar refractivity (Wildman–Crippen MR) is 92.4 cm³/mol. The number of hydrogen-bond acceptors (Lipinski definition) is 6. The number of imide groups is 1. The zero-order chi connectivity index (χ0) is 18.6. The molecule has 1 unspecified atom stereocenters. The summed E-state index contributed by atoms with van der Waals surface area (Å²) in [4.78, 5) is 24.4. The second-order valence-electron chi connectivity index (χ2n) is 6.87. The van der Waals surface area contributed by atoms with Crippen LogP contribution in [0.4, 0.5) is 4.79 Å². The van der Waals surface area contributed by atoms with Crippen molar-refractivity contribution in [2.24, 2.45) is 11.0 Å². The van der Waals surface area contributed by atoms with Crippen molar-refractivity contribution in [3.63, 3.8) is 0 Å². The zero-order valence-corrected chi connectivity index (χ0v) is 15.0. The number of hydrazone groups is 1. The Balaban J connectivity index is 2.24. The molecule has 0 spiro atoms. The number of amides is 2. The first-order valence-electron chi connectivity index (χ1n) is 8.20. The van der Waals surface area contributed by atoms with Gasteiger partial charge in [-0.05, 0) is 50.6 Å². The summed E-state index contributed by atoms with van der Waals surface area (Å²) in [7, 11) is 0. The number of hydrogen-bond donors (Lipinski definition) is 1. The quantitative estimate of drug-likeness (QED) is 0.903. The van der Waals surface area contributed by atoms with Crippen molar-refractivity contribution in [3.05, 3.63) is 29.8 Å². The molecule has 25 heavy (non-hydrogen) atoms. The summed E-state index contributed by atoms with van der Waals surface area (Å²) in [5.74, 6) is 0.130. The van der Waals surface area contributed by atoms with E-state index in [2.05, 4.69) is 5.10 Å². The highest BCUT2D eigenvalue weighted by Crippen LogP contribution is 2.24. The van der Waals surface area contributed by atoms with Gasteiger partial charge in [-0.25, -0.2) is 4.79 Å². The fourth-order valence-electron chi connectivity index (χ4n) is 2.38. The third-order valence-electron chi connectivity index (χ3n) is 3.47. The maximum Gasteiger partial charge on any atom is 0.438 e. The van der Waals surface area contributed by atoms with Crippen LogP contribution in [-0.4, -0.2) is 46.6 Å². The third kappa shape index (κ3) is 5.03. The van der Waals surface area contributed by atoms with Crippen LogP contribution < -0.4 is 4.74 Å². The zero-order valence-electron chi connectivity index (χ0n) is 15.0. The van der Waals surface area contributed by atoms with Crippen LogP contribution in [0.3, 0.4) is 0 Å². The van der Waals surface area contributed by atoms with Crippen molar-refractivity contribution in [3.8, 4) is 5.75 Å². The molecule has 1 heterocycles. The van der Waals surface area contributed by atoms with E-state index in [0.717, 1.165) is 10.6 Å². The van der Waals surface area contributed by atoms with Gasteiger partial charge in [-0.1, -0.05) is 6.92 Å². The molecule has 1 aliphatic heterocycles. The van der Waals surface area contributed by atoms with Crippen LogP contribution in [0.5, 0.6) is 5.75 Å². The first-order chi connectivity index (χ1) is 11.7. The molecule has 136 valence electrons. The highest BCUT2D eigenvalue weighted by molar-refractivity contribution is 6.08. The number of carbonyl (C=O) groups is 2. The van der Waals surface area contributed by atoms with Crippen molar-refractivity contribution in [2.75, 3.05) is 13.2 Å². The highest BCUT2D eigenvalue weighted by Gasteiger charge is 2.34. The lowest BCUT2D eigenvalue weighted by atomic mass is 9.94.